The highest BCUT2D eigenvalue weighted by Gasteiger charge is 2.14. The van der Waals surface area contributed by atoms with Gasteiger partial charge in [0.2, 0.25) is 0 Å². The number of hydrogen-bond donors (Lipinski definition) is 2. The molecule has 2 aromatic carbocycles. The summed E-state index contributed by atoms with van der Waals surface area (Å²) in [7, 11) is 0. The van der Waals surface area contributed by atoms with Crippen molar-refractivity contribution in [3.63, 3.8) is 0 Å². The van der Waals surface area contributed by atoms with E-state index in [2.05, 4.69) is 49.3 Å². The second-order valence-electron chi connectivity index (χ2n) is 6.53. The lowest BCUT2D eigenvalue weighted by molar-refractivity contribution is 0.309. The Morgan fingerprint density at radius 3 is 2.50 bits per heavy atom. The van der Waals surface area contributed by atoms with Gasteiger partial charge in [-0.3, -0.25) is 0 Å². The molecule has 0 spiro atoms. The SMILES string of the molecule is CC(C)(C)Nc1c[nH]c2c(OCc3ccccc3)cccc12. The van der Waals surface area contributed by atoms with Crippen LogP contribution in [0.2, 0.25) is 0 Å². The van der Waals surface area contributed by atoms with Crippen molar-refractivity contribution in [2.75, 3.05) is 5.32 Å². The molecule has 0 bridgehead atoms. The number of nitrogens with one attached hydrogen (secondary N) is 2. The molecule has 1 heterocycles. The molecule has 0 fully saturated rings. The van der Waals surface area contributed by atoms with E-state index >= 15 is 0 Å². The molecule has 22 heavy (non-hydrogen) atoms. The molecule has 0 atom stereocenters. The molecule has 114 valence electrons. The predicted octanol–water partition coefficient (Wildman–Crippen LogP) is 4.96. The van der Waals surface area contributed by atoms with Crippen LogP contribution in [0.1, 0.15) is 26.3 Å². The molecule has 0 aliphatic heterocycles. The number of para-hydroxylation sites is 1. The summed E-state index contributed by atoms with van der Waals surface area (Å²) in [5.74, 6) is 0.878. The van der Waals surface area contributed by atoms with Crippen LogP contribution in [0.25, 0.3) is 10.9 Å². The van der Waals surface area contributed by atoms with Gasteiger partial charge in [-0.2, -0.15) is 0 Å². The van der Waals surface area contributed by atoms with Crippen molar-refractivity contribution < 1.29 is 4.74 Å². The van der Waals surface area contributed by atoms with Crippen molar-refractivity contribution in [3.05, 3.63) is 60.3 Å². The lowest BCUT2D eigenvalue weighted by Crippen LogP contribution is -2.25. The van der Waals surface area contributed by atoms with Gasteiger partial charge in [-0.25, -0.2) is 0 Å². The minimum atomic E-state index is 0.0238. The normalized spacial score (nSPS) is 11.6. The highest BCUT2D eigenvalue weighted by molar-refractivity contribution is 5.96. The number of anilines is 1. The van der Waals surface area contributed by atoms with Crippen LogP contribution in [0.5, 0.6) is 5.75 Å². The first-order chi connectivity index (χ1) is 10.5. The molecule has 0 amide bonds. The summed E-state index contributed by atoms with van der Waals surface area (Å²) in [5.41, 5.74) is 3.33. The van der Waals surface area contributed by atoms with Crippen molar-refractivity contribution in [3.8, 4) is 5.75 Å². The smallest absolute Gasteiger partial charge is 0.143 e. The van der Waals surface area contributed by atoms with E-state index in [1.165, 1.54) is 5.56 Å². The topological polar surface area (TPSA) is 37.0 Å². The summed E-state index contributed by atoms with van der Waals surface area (Å²) in [4.78, 5) is 3.33. The van der Waals surface area contributed by atoms with Gasteiger partial charge in [0.25, 0.3) is 0 Å². The first-order valence-electron chi connectivity index (χ1n) is 7.58. The van der Waals surface area contributed by atoms with E-state index < -0.39 is 0 Å². The molecule has 0 aliphatic rings. The number of benzene rings is 2. The van der Waals surface area contributed by atoms with Crippen LogP contribution in [0.3, 0.4) is 0 Å². The van der Waals surface area contributed by atoms with Crippen LogP contribution in [-0.2, 0) is 6.61 Å². The van der Waals surface area contributed by atoms with Crippen molar-refractivity contribution in [1.82, 2.24) is 4.98 Å². The van der Waals surface area contributed by atoms with Gasteiger partial charge in [0.1, 0.15) is 12.4 Å². The van der Waals surface area contributed by atoms with Crippen molar-refractivity contribution in [2.45, 2.75) is 32.9 Å². The molecule has 2 N–H and O–H groups in total. The van der Waals surface area contributed by atoms with Gasteiger partial charge in [-0.15, -0.1) is 0 Å². The molecule has 3 aromatic rings. The molecule has 0 saturated carbocycles. The minimum absolute atomic E-state index is 0.0238. The van der Waals surface area contributed by atoms with Gasteiger partial charge < -0.3 is 15.0 Å². The summed E-state index contributed by atoms with van der Waals surface area (Å²) in [6.45, 7) is 7.03. The van der Waals surface area contributed by atoms with Gasteiger partial charge in [0, 0.05) is 17.1 Å². The van der Waals surface area contributed by atoms with Crippen LogP contribution in [-0.4, -0.2) is 10.5 Å². The van der Waals surface area contributed by atoms with E-state index in [4.69, 9.17) is 4.74 Å². The zero-order valence-electron chi connectivity index (χ0n) is 13.3. The van der Waals surface area contributed by atoms with Gasteiger partial charge in [0.15, 0.2) is 0 Å². The van der Waals surface area contributed by atoms with Gasteiger partial charge >= 0.3 is 0 Å². The lowest BCUT2D eigenvalue weighted by atomic mass is 10.1. The average molecular weight is 294 g/mol. The maximum absolute atomic E-state index is 5.99. The third kappa shape index (κ3) is 3.25. The van der Waals surface area contributed by atoms with Crippen LogP contribution in [0.15, 0.2) is 54.7 Å². The molecule has 3 nitrogen and oxygen atoms in total. The van der Waals surface area contributed by atoms with E-state index in [0.717, 1.165) is 22.3 Å². The van der Waals surface area contributed by atoms with E-state index in [-0.39, 0.29) is 5.54 Å². The number of aromatic nitrogens is 1. The Hall–Kier alpha value is -2.42. The molecular formula is C19H22N2O. The van der Waals surface area contributed by atoms with Crippen molar-refractivity contribution >= 4 is 16.6 Å². The predicted molar refractivity (Wildman–Crippen MR) is 92.4 cm³/mol. The number of fused-ring (bicyclic) bond motifs is 1. The third-order valence-electron chi connectivity index (χ3n) is 3.42. The standard InChI is InChI=1S/C19H22N2O/c1-19(2,3)21-16-12-20-18-15(16)10-7-11-17(18)22-13-14-8-5-4-6-9-14/h4-12,20-21H,13H2,1-3H3. The Morgan fingerprint density at radius 2 is 1.77 bits per heavy atom. The zero-order valence-corrected chi connectivity index (χ0v) is 13.3. The largest absolute Gasteiger partial charge is 0.487 e. The number of aromatic amines is 1. The second kappa shape index (κ2) is 5.76. The molecule has 0 unspecified atom stereocenters. The Labute approximate surface area is 131 Å². The van der Waals surface area contributed by atoms with Crippen LogP contribution < -0.4 is 10.1 Å². The van der Waals surface area contributed by atoms with E-state index in [0.29, 0.717) is 6.61 Å². The summed E-state index contributed by atoms with van der Waals surface area (Å²) < 4.78 is 5.99. The summed E-state index contributed by atoms with van der Waals surface area (Å²) in [5, 5.41) is 4.67. The van der Waals surface area contributed by atoms with Crippen molar-refractivity contribution in [1.29, 1.82) is 0 Å². The monoisotopic (exact) mass is 294 g/mol. The van der Waals surface area contributed by atoms with Crippen LogP contribution in [0, 0.1) is 0 Å². The molecule has 0 aliphatic carbocycles. The number of hydrogen-bond acceptors (Lipinski definition) is 2. The van der Waals surface area contributed by atoms with Gasteiger partial charge in [-0.1, -0.05) is 42.5 Å². The number of H-pyrrole nitrogens is 1. The Bertz CT molecular complexity index is 754. The fourth-order valence-electron chi connectivity index (χ4n) is 2.49. The summed E-state index contributed by atoms with van der Waals surface area (Å²) >= 11 is 0. The Kier molecular flexibility index (Phi) is 3.80. The maximum atomic E-state index is 5.99. The third-order valence-corrected chi connectivity index (χ3v) is 3.42. The first kappa shape index (κ1) is 14.5. The highest BCUT2D eigenvalue weighted by atomic mass is 16.5. The highest BCUT2D eigenvalue weighted by Crippen LogP contribution is 2.32. The molecule has 3 heteroatoms. The van der Waals surface area contributed by atoms with Crippen LogP contribution in [0.4, 0.5) is 5.69 Å². The number of ether oxygens (including phenoxy) is 1. The average Bonchev–Trinajstić information content (AvgIpc) is 2.88. The van der Waals surface area contributed by atoms with E-state index in [9.17, 15) is 0 Å². The second-order valence-corrected chi connectivity index (χ2v) is 6.53. The Balaban J connectivity index is 1.85. The lowest BCUT2D eigenvalue weighted by Gasteiger charge is -2.21. The van der Waals surface area contributed by atoms with Gasteiger partial charge in [-0.05, 0) is 32.4 Å². The fourth-order valence-corrected chi connectivity index (χ4v) is 2.49. The minimum Gasteiger partial charge on any atom is -0.487 e. The molecule has 0 saturated heterocycles. The summed E-state index contributed by atoms with van der Waals surface area (Å²) in [6.07, 6.45) is 2.01. The van der Waals surface area contributed by atoms with E-state index in [1.807, 2.05) is 36.5 Å². The zero-order chi connectivity index (χ0) is 15.6. The molecule has 0 radical (unpaired) electrons. The molecular weight excluding hydrogens is 272 g/mol. The van der Waals surface area contributed by atoms with Crippen molar-refractivity contribution in [2.24, 2.45) is 0 Å². The fraction of sp³-hybridized carbons (Fsp3) is 0.263. The first-order valence-corrected chi connectivity index (χ1v) is 7.58. The van der Waals surface area contributed by atoms with E-state index in [1.54, 1.807) is 0 Å². The quantitative estimate of drug-likeness (QED) is 0.713. The maximum Gasteiger partial charge on any atom is 0.143 e. The molecule has 1 aromatic heterocycles. The van der Waals surface area contributed by atoms with Crippen LogP contribution >= 0.6 is 0 Å². The number of rotatable bonds is 4. The molecule has 3 rings (SSSR count). The Morgan fingerprint density at radius 1 is 1.00 bits per heavy atom. The van der Waals surface area contributed by atoms with Gasteiger partial charge in [0.05, 0.1) is 11.2 Å². The summed E-state index contributed by atoms with van der Waals surface area (Å²) in [6, 6.07) is 16.4.